The van der Waals surface area contributed by atoms with Crippen LogP contribution in [0.25, 0.3) is 11.2 Å². The highest BCUT2D eigenvalue weighted by atomic mass is 16.5. The van der Waals surface area contributed by atoms with Gasteiger partial charge in [0.2, 0.25) is 0 Å². The number of hydrogen-bond donors (Lipinski definition) is 0. The number of rotatable bonds is 1. The van der Waals surface area contributed by atoms with Crippen LogP contribution in [0.15, 0.2) is 62.4 Å². The van der Waals surface area contributed by atoms with Crippen molar-refractivity contribution < 1.29 is 8.83 Å². The van der Waals surface area contributed by atoms with Gasteiger partial charge < -0.3 is 8.83 Å². The first-order valence-electron chi connectivity index (χ1n) is 5.41. The van der Waals surface area contributed by atoms with Gasteiger partial charge in [-0.15, -0.1) is 0 Å². The molecule has 0 amide bonds. The fourth-order valence-corrected chi connectivity index (χ4v) is 1.64. The van der Waals surface area contributed by atoms with E-state index in [4.69, 9.17) is 8.83 Å². The Morgan fingerprint density at radius 1 is 0.882 bits per heavy atom. The van der Waals surface area contributed by atoms with E-state index in [1.54, 1.807) is 0 Å². The zero-order chi connectivity index (χ0) is 11.7. The van der Waals surface area contributed by atoms with Crippen LogP contribution in [0.5, 0.6) is 0 Å². The molecule has 0 bridgehead atoms. The van der Waals surface area contributed by atoms with Gasteiger partial charge in [0.15, 0.2) is 11.2 Å². The smallest absolute Gasteiger partial charge is 0.400 e. The van der Waals surface area contributed by atoms with Crippen LogP contribution in [0.1, 0.15) is 5.56 Å². The van der Waals surface area contributed by atoms with E-state index in [1.807, 2.05) is 55.5 Å². The van der Waals surface area contributed by atoms with Crippen molar-refractivity contribution in [1.82, 2.24) is 0 Å². The summed E-state index contributed by atoms with van der Waals surface area (Å²) < 4.78 is 11.0. The van der Waals surface area contributed by atoms with Gasteiger partial charge in [-0.1, -0.05) is 24.3 Å². The predicted octanol–water partition coefficient (Wildman–Crippen LogP) is 3.57. The van der Waals surface area contributed by atoms with E-state index in [9.17, 15) is 0 Å². The van der Waals surface area contributed by atoms with Crippen LogP contribution < -0.4 is 5.75 Å². The zero-order valence-electron chi connectivity index (χ0n) is 9.38. The third-order valence-corrected chi connectivity index (χ3v) is 2.47. The number of benzene rings is 2. The Balaban J connectivity index is 2.15. The molecule has 84 valence electrons. The lowest BCUT2D eigenvalue weighted by Crippen LogP contribution is -1.90. The molecule has 0 saturated carbocycles. The van der Waals surface area contributed by atoms with Gasteiger partial charge in [-0.05, 0) is 36.8 Å². The predicted molar refractivity (Wildman–Crippen MR) is 64.9 cm³/mol. The van der Waals surface area contributed by atoms with Gasteiger partial charge in [0.05, 0.1) is 5.69 Å². The molecule has 0 radical (unpaired) electrons. The Morgan fingerprint density at radius 2 is 1.65 bits per heavy atom. The second kappa shape index (κ2) is 3.94. The minimum atomic E-state index is 0.275. The lowest BCUT2D eigenvalue weighted by molar-refractivity contribution is 0.391. The van der Waals surface area contributed by atoms with Crippen molar-refractivity contribution in [2.45, 2.75) is 6.92 Å². The van der Waals surface area contributed by atoms with E-state index >= 15 is 0 Å². The maximum Gasteiger partial charge on any atom is 0.400 e. The molecule has 0 atom stereocenters. The van der Waals surface area contributed by atoms with Crippen LogP contribution >= 0.6 is 0 Å². The van der Waals surface area contributed by atoms with Gasteiger partial charge in [-0.2, -0.15) is 4.99 Å². The SMILES string of the molecule is Cc1ccc2oc(=Nc3ccccc3)oc2c1. The lowest BCUT2D eigenvalue weighted by atomic mass is 10.2. The standard InChI is InChI=1S/C14H11NO2/c1-10-7-8-12-13(9-10)17-14(16-12)15-11-5-3-2-4-6-11/h2-9H,1H3. The summed E-state index contributed by atoms with van der Waals surface area (Å²) in [5.74, 6) is 0.275. The molecule has 0 aliphatic rings. The summed E-state index contributed by atoms with van der Waals surface area (Å²) in [6, 6.07) is 15.4. The van der Waals surface area contributed by atoms with E-state index in [1.165, 1.54) is 0 Å². The van der Waals surface area contributed by atoms with Crippen molar-refractivity contribution in [2.75, 3.05) is 0 Å². The number of fused-ring (bicyclic) bond motifs is 1. The van der Waals surface area contributed by atoms with Crippen molar-refractivity contribution in [3.63, 3.8) is 0 Å². The lowest BCUT2D eigenvalue weighted by Gasteiger charge is -1.86. The largest absolute Gasteiger partial charge is 0.407 e. The van der Waals surface area contributed by atoms with Crippen LogP contribution in [0.4, 0.5) is 5.69 Å². The van der Waals surface area contributed by atoms with Crippen LogP contribution in [0.3, 0.4) is 0 Å². The molecule has 1 aromatic heterocycles. The van der Waals surface area contributed by atoms with Gasteiger partial charge in [-0.25, -0.2) is 0 Å². The van der Waals surface area contributed by atoms with E-state index in [0.29, 0.717) is 5.58 Å². The third kappa shape index (κ3) is 1.99. The Bertz CT molecular complexity index is 708. The average Bonchev–Trinajstić information content (AvgIpc) is 2.71. The fraction of sp³-hybridized carbons (Fsp3) is 0.0714. The Labute approximate surface area is 98.0 Å². The first-order valence-corrected chi connectivity index (χ1v) is 5.41. The summed E-state index contributed by atoms with van der Waals surface area (Å²) in [7, 11) is 0. The first-order chi connectivity index (χ1) is 8.31. The molecule has 0 aliphatic heterocycles. The molecule has 0 saturated heterocycles. The molecule has 2 aromatic carbocycles. The van der Waals surface area contributed by atoms with Gasteiger partial charge in [0, 0.05) is 0 Å². The summed E-state index contributed by atoms with van der Waals surface area (Å²) in [4.78, 5) is 4.27. The Kier molecular flexibility index (Phi) is 2.29. The van der Waals surface area contributed by atoms with Crippen LogP contribution in [-0.4, -0.2) is 0 Å². The average molecular weight is 225 g/mol. The molecule has 0 N–H and O–H groups in total. The van der Waals surface area contributed by atoms with Crippen molar-refractivity contribution in [3.05, 3.63) is 59.8 Å². The number of aryl methyl sites for hydroxylation is 1. The van der Waals surface area contributed by atoms with Crippen LogP contribution in [0.2, 0.25) is 0 Å². The Hall–Kier alpha value is -2.29. The van der Waals surface area contributed by atoms with Crippen LogP contribution in [-0.2, 0) is 0 Å². The normalized spacial score (nSPS) is 12.2. The molecule has 3 aromatic rings. The second-order valence-electron chi connectivity index (χ2n) is 3.87. The summed E-state index contributed by atoms with van der Waals surface area (Å²) in [5.41, 5.74) is 3.38. The maximum atomic E-state index is 5.52. The first kappa shape index (κ1) is 9.90. The molecule has 3 rings (SSSR count). The summed E-state index contributed by atoms with van der Waals surface area (Å²) in [6.45, 7) is 2.01. The molecular weight excluding hydrogens is 214 g/mol. The molecule has 0 spiro atoms. The highest BCUT2D eigenvalue weighted by Gasteiger charge is 2.01. The number of hydrogen-bond acceptors (Lipinski definition) is 3. The van der Waals surface area contributed by atoms with E-state index in [0.717, 1.165) is 16.8 Å². The van der Waals surface area contributed by atoms with Gasteiger partial charge >= 0.3 is 5.75 Å². The monoisotopic (exact) mass is 225 g/mol. The highest BCUT2D eigenvalue weighted by molar-refractivity contribution is 5.70. The summed E-state index contributed by atoms with van der Waals surface area (Å²) >= 11 is 0. The summed E-state index contributed by atoms with van der Waals surface area (Å²) in [6.07, 6.45) is 0. The fourth-order valence-electron chi connectivity index (χ4n) is 1.64. The van der Waals surface area contributed by atoms with Gasteiger partial charge in [0.25, 0.3) is 0 Å². The second-order valence-corrected chi connectivity index (χ2v) is 3.87. The molecule has 17 heavy (non-hydrogen) atoms. The van der Waals surface area contributed by atoms with E-state index in [2.05, 4.69) is 4.99 Å². The molecule has 1 heterocycles. The van der Waals surface area contributed by atoms with Crippen molar-refractivity contribution >= 4 is 16.9 Å². The van der Waals surface area contributed by atoms with E-state index < -0.39 is 0 Å². The van der Waals surface area contributed by atoms with Crippen molar-refractivity contribution in [3.8, 4) is 0 Å². The highest BCUT2D eigenvalue weighted by Crippen LogP contribution is 2.15. The molecule has 0 aliphatic carbocycles. The zero-order valence-corrected chi connectivity index (χ0v) is 9.38. The van der Waals surface area contributed by atoms with E-state index in [-0.39, 0.29) is 5.75 Å². The number of nitrogens with zero attached hydrogens (tertiary/aromatic N) is 1. The van der Waals surface area contributed by atoms with Crippen molar-refractivity contribution in [2.24, 2.45) is 4.99 Å². The minimum absolute atomic E-state index is 0.275. The summed E-state index contributed by atoms with van der Waals surface area (Å²) in [5, 5.41) is 0. The quantitative estimate of drug-likeness (QED) is 0.635. The van der Waals surface area contributed by atoms with Gasteiger partial charge in [0.1, 0.15) is 0 Å². The van der Waals surface area contributed by atoms with Gasteiger partial charge in [-0.3, -0.25) is 0 Å². The van der Waals surface area contributed by atoms with Crippen LogP contribution in [0, 0.1) is 6.92 Å². The topological polar surface area (TPSA) is 38.6 Å². The number of para-hydroxylation sites is 1. The molecular formula is C14H11NO2. The minimum Gasteiger partial charge on any atom is -0.407 e. The molecule has 0 fully saturated rings. The molecule has 3 nitrogen and oxygen atoms in total. The van der Waals surface area contributed by atoms with Crippen molar-refractivity contribution in [1.29, 1.82) is 0 Å². The maximum absolute atomic E-state index is 5.52. The molecule has 0 unspecified atom stereocenters. The molecule has 3 heteroatoms. The Morgan fingerprint density at radius 3 is 2.47 bits per heavy atom. The third-order valence-electron chi connectivity index (χ3n) is 2.47.